The van der Waals surface area contributed by atoms with Crippen molar-refractivity contribution in [2.75, 3.05) is 24.7 Å². The molecule has 1 N–H and O–H groups in total. The second-order valence-corrected chi connectivity index (χ2v) is 6.97. The molecule has 2 fully saturated rings. The highest BCUT2D eigenvalue weighted by atomic mass is 32.1. The van der Waals surface area contributed by atoms with Crippen LogP contribution in [0.4, 0.5) is 14.7 Å². The van der Waals surface area contributed by atoms with Gasteiger partial charge >= 0.3 is 12.1 Å². The number of hydrogen-bond donors (Lipinski definition) is 1. The van der Waals surface area contributed by atoms with E-state index >= 15 is 0 Å². The summed E-state index contributed by atoms with van der Waals surface area (Å²) in [7, 11) is 0. The average molecular weight is 347 g/mol. The number of urea groups is 1. The van der Waals surface area contributed by atoms with E-state index in [1.165, 1.54) is 16.2 Å². The molecule has 124 valence electrons. The first-order chi connectivity index (χ1) is 11.6. The monoisotopic (exact) mass is 347 g/mol. The Morgan fingerprint density at radius 2 is 2.17 bits per heavy atom. The Hall–Kier alpha value is -2.39. The summed E-state index contributed by atoms with van der Waals surface area (Å²) >= 11 is 1.39. The van der Waals surface area contributed by atoms with Gasteiger partial charge in [-0.25, -0.2) is 19.5 Å². The quantitative estimate of drug-likeness (QED) is 0.847. The summed E-state index contributed by atoms with van der Waals surface area (Å²) in [5, 5.41) is 9.86. The molecule has 3 amide bonds. The first kappa shape index (κ1) is 14.0. The van der Waals surface area contributed by atoms with Gasteiger partial charge in [0, 0.05) is 12.0 Å². The number of imide groups is 1. The topological polar surface area (TPSA) is 92.2 Å². The Balaban J connectivity index is 1.62. The summed E-state index contributed by atoms with van der Waals surface area (Å²) in [5.41, 5.74) is 1.89. The Kier molecular flexibility index (Phi) is 2.80. The number of carboxylic acid groups (broad SMARTS) is 1. The van der Waals surface area contributed by atoms with Crippen molar-refractivity contribution in [1.82, 2.24) is 9.88 Å². The molecule has 5 rings (SSSR count). The lowest BCUT2D eigenvalue weighted by atomic mass is 10.1. The van der Waals surface area contributed by atoms with Gasteiger partial charge in [-0.05, 0) is 12.1 Å². The third-order valence-corrected chi connectivity index (χ3v) is 5.75. The van der Waals surface area contributed by atoms with E-state index in [-0.39, 0.29) is 12.6 Å². The van der Waals surface area contributed by atoms with E-state index in [1.807, 2.05) is 12.1 Å². The van der Waals surface area contributed by atoms with Crippen LogP contribution in [0.2, 0.25) is 0 Å². The minimum atomic E-state index is -1.25. The number of ether oxygens (including phenoxy) is 2. The van der Waals surface area contributed by atoms with Gasteiger partial charge in [-0.1, -0.05) is 11.3 Å². The third kappa shape index (κ3) is 1.73. The van der Waals surface area contributed by atoms with Crippen molar-refractivity contribution in [3.8, 4) is 5.75 Å². The zero-order chi connectivity index (χ0) is 16.4. The van der Waals surface area contributed by atoms with Crippen molar-refractivity contribution in [3.63, 3.8) is 0 Å². The molecule has 0 saturated carbocycles. The van der Waals surface area contributed by atoms with Crippen molar-refractivity contribution in [2.45, 2.75) is 18.5 Å². The summed E-state index contributed by atoms with van der Waals surface area (Å²) in [6, 6.07) is 2.50. The van der Waals surface area contributed by atoms with Crippen molar-refractivity contribution in [2.24, 2.45) is 0 Å². The molecule has 1 aromatic heterocycles. The maximum atomic E-state index is 12.6. The second-order valence-electron chi connectivity index (χ2n) is 5.96. The molecule has 1 aromatic carbocycles. The Labute approximate surface area is 140 Å². The average Bonchev–Trinajstić information content (AvgIpc) is 3.27. The molecule has 8 nitrogen and oxygen atoms in total. The SMILES string of the molecule is O=C(O)N1C(=O)N(c2nc3c4c(ccc3s2)OCC4)[C@H]2COC[C@H]21. The van der Waals surface area contributed by atoms with Crippen LogP contribution >= 0.6 is 11.3 Å². The summed E-state index contributed by atoms with van der Waals surface area (Å²) in [6.45, 7) is 1.18. The molecule has 3 aliphatic rings. The number of carbonyl (C=O) groups is 2. The molecule has 2 saturated heterocycles. The number of rotatable bonds is 1. The van der Waals surface area contributed by atoms with Crippen molar-refractivity contribution < 1.29 is 24.2 Å². The number of carbonyl (C=O) groups excluding carboxylic acids is 1. The Morgan fingerprint density at radius 1 is 1.33 bits per heavy atom. The zero-order valence-corrected chi connectivity index (χ0v) is 13.3. The molecule has 3 aliphatic heterocycles. The van der Waals surface area contributed by atoms with E-state index in [2.05, 4.69) is 4.98 Å². The van der Waals surface area contributed by atoms with Crippen molar-refractivity contribution >= 4 is 38.8 Å². The molecule has 24 heavy (non-hydrogen) atoms. The lowest BCUT2D eigenvalue weighted by molar-refractivity contribution is 0.128. The molecular formula is C15H13N3O5S. The van der Waals surface area contributed by atoms with Crippen LogP contribution in [-0.2, 0) is 11.2 Å². The molecule has 0 spiro atoms. The van der Waals surface area contributed by atoms with Gasteiger partial charge in [0.2, 0.25) is 0 Å². The molecular weight excluding hydrogens is 334 g/mol. The van der Waals surface area contributed by atoms with Crippen LogP contribution in [0.5, 0.6) is 5.75 Å². The van der Waals surface area contributed by atoms with Crippen LogP contribution in [0.3, 0.4) is 0 Å². The molecule has 0 radical (unpaired) electrons. The fourth-order valence-electron chi connectivity index (χ4n) is 3.63. The highest BCUT2D eigenvalue weighted by Crippen LogP contribution is 2.41. The smallest absolute Gasteiger partial charge is 0.415 e. The summed E-state index contributed by atoms with van der Waals surface area (Å²) in [5.74, 6) is 0.835. The van der Waals surface area contributed by atoms with E-state index in [0.29, 0.717) is 18.3 Å². The molecule has 0 aliphatic carbocycles. The van der Waals surface area contributed by atoms with Gasteiger partial charge in [0.1, 0.15) is 5.75 Å². The number of hydrogen-bond acceptors (Lipinski definition) is 6. The number of thiazole rings is 1. The number of benzene rings is 1. The minimum Gasteiger partial charge on any atom is -0.493 e. The molecule has 9 heteroatoms. The van der Waals surface area contributed by atoms with E-state index in [9.17, 15) is 14.7 Å². The Morgan fingerprint density at radius 3 is 3.00 bits per heavy atom. The zero-order valence-electron chi connectivity index (χ0n) is 12.5. The van der Waals surface area contributed by atoms with Gasteiger partial charge in [0.25, 0.3) is 0 Å². The van der Waals surface area contributed by atoms with E-state index in [1.54, 1.807) is 0 Å². The third-order valence-electron chi connectivity index (χ3n) is 4.73. The molecule has 0 unspecified atom stereocenters. The van der Waals surface area contributed by atoms with Gasteiger partial charge in [-0.15, -0.1) is 0 Å². The number of fused-ring (bicyclic) bond motifs is 4. The van der Waals surface area contributed by atoms with Crippen LogP contribution in [-0.4, -0.2) is 59.0 Å². The lowest BCUT2D eigenvalue weighted by Gasteiger charge is -2.17. The van der Waals surface area contributed by atoms with Gasteiger partial charge in [-0.3, -0.25) is 4.90 Å². The lowest BCUT2D eigenvalue weighted by Crippen LogP contribution is -2.40. The predicted molar refractivity (Wildman–Crippen MR) is 85.0 cm³/mol. The number of aromatic nitrogens is 1. The van der Waals surface area contributed by atoms with Gasteiger partial charge < -0.3 is 14.6 Å². The van der Waals surface area contributed by atoms with Crippen LogP contribution in [0.1, 0.15) is 5.56 Å². The number of anilines is 1. The van der Waals surface area contributed by atoms with Gasteiger partial charge in [-0.2, -0.15) is 0 Å². The fourth-order valence-corrected chi connectivity index (χ4v) is 4.68. The van der Waals surface area contributed by atoms with Crippen LogP contribution in [0, 0.1) is 0 Å². The molecule has 0 bridgehead atoms. The van der Waals surface area contributed by atoms with Crippen LogP contribution in [0.15, 0.2) is 12.1 Å². The summed E-state index contributed by atoms with van der Waals surface area (Å²) < 4.78 is 11.9. The van der Waals surface area contributed by atoms with Crippen molar-refractivity contribution in [3.05, 3.63) is 17.7 Å². The van der Waals surface area contributed by atoms with Crippen molar-refractivity contribution in [1.29, 1.82) is 0 Å². The first-order valence-electron chi connectivity index (χ1n) is 7.63. The molecule has 2 aromatic rings. The predicted octanol–water partition coefficient (Wildman–Crippen LogP) is 1.92. The van der Waals surface area contributed by atoms with Gasteiger partial charge in [0.15, 0.2) is 5.13 Å². The van der Waals surface area contributed by atoms with Crippen LogP contribution < -0.4 is 9.64 Å². The Bertz CT molecular complexity index is 881. The summed E-state index contributed by atoms with van der Waals surface area (Å²) in [4.78, 5) is 31.0. The largest absolute Gasteiger partial charge is 0.493 e. The minimum absolute atomic E-state index is 0.230. The first-order valence-corrected chi connectivity index (χ1v) is 8.45. The van der Waals surface area contributed by atoms with Gasteiger partial charge in [0.05, 0.1) is 42.1 Å². The maximum Gasteiger partial charge on any atom is 0.415 e. The second kappa shape index (κ2) is 4.81. The highest BCUT2D eigenvalue weighted by Gasteiger charge is 2.53. The number of nitrogens with zero attached hydrogens (tertiary/aromatic N) is 3. The highest BCUT2D eigenvalue weighted by molar-refractivity contribution is 7.22. The van der Waals surface area contributed by atoms with E-state index < -0.39 is 18.2 Å². The maximum absolute atomic E-state index is 12.6. The fraction of sp³-hybridized carbons (Fsp3) is 0.400. The standard InChI is InChI=1S/C15H13N3O5S/c19-14-17(8-5-22-6-9(8)18(14)15(20)21)13-16-12-7-3-4-23-10(7)1-2-11(12)24-13/h1-2,8-9H,3-6H2,(H,20,21)/t8-,9+/m0/s1. The summed E-state index contributed by atoms with van der Waals surface area (Å²) in [6.07, 6.45) is -0.460. The van der Waals surface area contributed by atoms with Crippen LogP contribution in [0.25, 0.3) is 10.2 Å². The van der Waals surface area contributed by atoms with E-state index in [4.69, 9.17) is 9.47 Å². The molecule has 2 atom stereocenters. The molecule has 4 heterocycles. The normalized spacial score (nSPS) is 25.2. The number of amides is 3. The van der Waals surface area contributed by atoms with E-state index in [0.717, 1.165) is 32.9 Å².